The van der Waals surface area contributed by atoms with Crippen LogP contribution in [-0.2, 0) is 4.79 Å². The van der Waals surface area contributed by atoms with E-state index in [0.29, 0.717) is 18.0 Å². The fraction of sp³-hybridized carbons (Fsp3) is 0.667. The molecular weight excluding hydrogens is 326 g/mol. The molecule has 0 saturated carbocycles. The Bertz CT molecular complexity index is 586. The normalized spacial score (nSPS) is 25.8. The van der Waals surface area contributed by atoms with Gasteiger partial charge in [0.1, 0.15) is 5.75 Å². The number of hydrogen-bond acceptors (Lipinski definition) is 4. The number of hydrogen-bond donors (Lipinski definition) is 0. The summed E-state index contributed by atoms with van der Waals surface area (Å²) in [4.78, 5) is 20.0. The number of nitrogens with zero attached hydrogens (tertiary/aromatic N) is 3. The van der Waals surface area contributed by atoms with Gasteiger partial charge in [-0.3, -0.25) is 9.69 Å². The Hall–Kier alpha value is -1.75. The molecule has 0 bridgehead atoms. The van der Waals surface area contributed by atoms with E-state index in [1.165, 1.54) is 12.1 Å². The van der Waals surface area contributed by atoms with Crippen molar-refractivity contribution < 1.29 is 9.53 Å². The molecule has 26 heavy (non-hydrogen) atoms. The van der Waals surface area contributed by atoms with Crippen molar-refractivity contribution in [3.63, 3.8) is 0 Å². The highest BCUT2D eigenvalue weighted by atomic mass is 16.5. The van der Waals surface area contributed by atoms with Crippen LogP contribution in [0.25, 0.3) is 0 Å². The number of carbonyl (C=O) groups is 1. The van der Waals surface area contributed by atoms with Crippen molar-refractivity contribution in [2.24, 2.45) is 0 Å². The van der Waals surface area contributed by atoms with E-state index in [1.54, 1.807) is 7.11 Å². The molecule has 1 aromatic rings. The topological polar surface area (TPSA) is 36.0 Å². The molecule has 0 radical (unpaired) electrons. The summed E-state index contributed by atoms with van der Waals surface area (Å²) in [5.74, 6) is 1.19. The lowest BCUT2D eigenvalue weighted by molar-refractivity contribution is -0.142. The van der Waals surface area contributed by atoms with Crippen LogP contribution in [0.15, 0.2) is 24.3 Å². The van der Waals surface area contributed by atoms with Gasteiger partial charge in [0.25, 0.3) is 0 Å². The average molecular weight is 360 g/mol. The van der Waals surface area contributed by atoms with Crippen LogP contribution in [0.2, 0.25) is 0 Å². The smallest absolute Gasteiger partial charge is 0.240 e. The molecule has 2 fully saturated rings. The van der Waals surface area contributed by atoms with E-state index >= 15 is 0 Å². The Morgan fingerprint density at radius 1 is 1.04 bits per heavy atom. The van der Waals surface area contributed by atoms with Crippen LogP contribution in [0.5, 0.6) is 5.75 Å². The van der Waals surface area contributed by atoms with Crippen LogP contribution >= 0.6 is 0 Å². The van der Waals surface area contributed by atoms with Crippen molar-refractivity contribution in [1.29, 1.82) is 0 Å². The molecule has 0 spiro atoms. The van der Waals surface area contributed by atoms with Crippen LogP contribution in [0, 0.1) is 0 Å². The highest BCUT2D eigenvalue weighted by Crippen LogP contribution is 2.25. The number of methoxy groups -OCH3 is 1. The van der Waals surface area contributed by atoms with Gasteiger partial charge in [0.05, 0.1) is 13.2 Å². The van der Waals surface area contributed by atoms with Crippen molar-refractivity contribution in [1.82, 2.24) is 9.80 Å². The first-order chi connectivity index (χ1) is 12.5. The molecule has 2 aliphatic rings. The van der Waals surface area contributed by atoms with Crippen LogP contribution in [-0.4, -0.2) is 67.1 Å². The fourth-order valence-corrected chi connectivity index (χ4v) is 4.39. The SMILES string of the molecule is COc1ccc(N2CCN([C@H](C)C(=O)N3[C@H](C)CCC[C@H]3C)CC2)cc1. The third kappa shape index (κ3) is 3.98. The molecule has 0 N–H and O–H groups in total. The highest BCUT2D eigenvalue weighted by Gasteiger charge is 2.34. The quantitative estimate of drug-likeness (QED) is 0.828. The molecule has 5 heteroatoms. The number of piperidine rings is 1. The molecule has 2 heterocycles. The molecule has 0 aliphatic carbocycles. The summed E-state index contributed by atoms with van der Waals surface area (Å²) in [7, 11) is 1.69. The number of likely N-dealkylation sites (tertiary alicyclic amines) is 1. The Balaban J connectivity index is 1.57. The summed E-state index contributed by atoms with van der Waals surface area (Å²) in [6.07, 6.45) is 3.50. The highest BCUT2D eigenvalue weighted by molar-refractivity contribution is 5.82. The Morgan fingerprint density at radius 3 is 2.15 bits per heavy atom. The molecule has 5 nitrogen and oxygen atoms in total. The van der Waals surface area contributed by atoms with Gasteiger partial charge in [-0.1, -0.05) is 0 Å². The minimum absolute atomic E-state index is 0.0315. The fourth-order valence-electron chi connectivity index (χ4n) is 4.39. The molecule has 3 atom stereocenters. The molecular formula is C21H33N3O2. The van der Waals surface area contributed by atoms with Crippen molar-refractivity contribution in [2.45, 2.75) is 58.2 Å². The second kappa shape index (κ2) is 8.30. The minimum atomic E-state index is -0.0315. The summed E-state index contributed by atoms with van der Waals surface area (Å²) in [6, 6.07) is 8.94. The van der Waals surface area contributed by atoms with Crippen molar-refractivity contribution in [3.05, 3.63) is 24.3 Å². The number of benzene rings is 1. The first-order valence-electron chi connectivity index (χ1n) is 9.96. The molecule has 3 rings (SSSR count). The number of rotatable bonds is 4. The van der Waals surface area contributed by atoms with Crippen LogP contribution in [0.1, 0.15) is 40.0 Å². The Kier molecular flexibility index (Phi) is 6.07. The Morgan fingerprint density at radius 2 is 1.62 bits per heavy atom. The van der Waals surface area contributed by atoms with Gasteiger partial charge < -0.3 is 14.5 Å². The zero-order valence-corrected chi connectivity index (χ0v) is 16.6. The summed E-state index contributed by atoms with van der Waals surface area (Å²) in [5.41, 5.74) is 1.22. The van der Waals surface area contributed by atoms with E-state index in [1.807, 2.05) is 12.1 Å². The van der Waals surface area contributed by atoms with Crippen LogP contribution in [0.3, 0.4) is 0 Å². The predicted molar refractivity (Wildman–Crippen MR) is 106 cm³/mol. The third-order valence-corrected chi connectivity index (χ3v) is 6.10. The van der Waals surface area contributed by atoms with Crippen molar-refractivity contribution in [2.75, 3.05) is 38.2 Å². The van der Waals surface area contributed by atoms with Crippen LogP contribution < -0.4 is 9.64 Å². The number of amides is 1. The molecule has 0 unspecified atom stereocenters. The zero-order valence-electron chi connectivity index (χ0n) is 16.6. The summed E-state index contributed by atoms with van der Waals surface area (Å²) >= 11 is 0. The first kappa shape index (κ1) is 19.0. The number of carbonyl (C=O) groups excluding carboxylic acids is 1. The molecule has 1 amide bonds. The van der Waals surface area contributed by atoms with Crippen LogP contribution in [0.4, 0.5) is 5.69 Å². The van der Waals surface area contributed by atoms with Gasteiger partial charge >= 0.3 is 0 Å². The number of anilines is 1. The second-order valence-electron chi connectivity index (χ2n) is 7.77. The van der Waals surface area contributed by atoms with Crippen molar-refractivity contribution >= 4 is 11.6 Å². The minimum Gasteiger partial charge on any atom is -0.497 e. The third-order valence-electron chi connectivity index (χ3n) is 6.10. The first-order valence-corrected chi connectivity index (χ1v) is 9.96. The standard InChI is InChI=1S/C21H33N3O2/c1-16-6-5-7-17(2)24(16)21(25)18(3)22-12-14-23(15-13-22)19-8-10-20(26-4)11-9-19/h8-11,16-18H,5-7,12-15H2,1-4H3/t16-,17-,18-/m1/s1. The lowest BCUT2D eigenvalue weighted by atomic mass is 9.96. The lowest BCUT2D eigenvalue weighted by Crippen LogP contribution is -2.58. The maximum Gasteiger partial charge on any atom is 0.240 e. The van der Waals surface area contributed by atoms with E-state index in [0.717, 1.165) is 44.8 Å². The van der Waals surface area contributed by atoms with E-state index in [2.05, 4.69) is 47.6 Å². The zero-order chi connectivity index (χ0) is 18.7. The van der Waals surface area contributed by atoms with Gasteiger partial charge in [-0.15, -0.1) is 0 Å². The monoisotopic (exact) mass is 359 g/mol. The van der Waals surface area contributed by atoms with E-state index in [4.69, 9.17) is 4.74 Å². The maximum absolute atomic E-state index is 13.1. The molecule has 0 aromatic heterocycles. The Labute approximate surface area is 157 Å². The second-order valence-corrected chi connectivity index (χ2v) is 7.77. The molecule has 2 saturated heterocycles. The van der Waals surface area contributed by atoms with Gasteiger partial charge in [0.15, 0.2) is 0 Å². The number of piperazine rings is 1. The van der Waals surface area contributed by atoms with Gasteiger partial charge in [0.2, 0.25) is 5.91 Å². The predicted octanol–water partition coefficient (Wildman–Crippen LogP) is 3.00. The van der Waals surface area contributed by atoms with Crippen molar-refractivity contribution in [3.8, 4) is 5.75 Å². The van der Waals surface area contributed by atoms with E-state index in [9.17, 15) is 4.79 Å². The molecule has 1 aromatic carbocycles. The van der Waals surface area contributed by atoms with Gasteiger partial charge in [-0.25, -0.2) is 0 Å². The van der Waals surface area contributed by atoms with E-state index < -0.39 is 0 Å². The molecule has 144 valence electrons. The summed E-state index contributed by atoms with van der Waals surface area (Å²) < 4.78 is 5.24. The lowest BCUT2D eigenvalue weighted by Gasteiger charge is -2.44. The maximum atomic E-state index is 13.1. The largest absolute Gasteiger partial charge is 0.497 e. The van der Waals surface area contributed by atoms with E-state index in [-0.39, 0.29) is 6.04 Å². The van der Waals surface area contributed by atoms with Gasteiger partial charge in [-0.2, -0.15) is 0 Å². The summed E-state index contributed by atoms with van der Waals surface area (Å²) in [6.45, 7) is 10.2. The summed E-state index contributed by atoms with van der Waals surface area (Å²) in [5, 5.41) is 0. The number of ether oxygens (including phenoxy) is 1. The average Bonchev–Trinajstić information content (AvgIpc) is 2.67. The van der Waals surface area contributed by atoms with Gasteiger partial charge in [0, 0.05) is 44.0 Å². The molecule has 2 aliphatic heterocycles. The van der Waals surface area contributed by atoms with Gasteiger partial charge in [-0.05, 0) is 64.3 Å².